The van der Waals surface area contributed by atoms with Gasteiger partial charge in [0.15, 0.2) is 0 Å². The summed E-state index contributed by atoms with van der Waals surface area (Å²) in [6, 6.07) is 0.100. The number of likely N-dealkylation sites (tertiary alicyclic amines) is 1. The maximum atomic E-state index is 12.6. The fourth-order valence-electron chi connectivity index (χ4n) is 3.57. The zero-order valence-electron chi connectivity index (χ0n) is 13.8. The van der Waals surface area contributed by atoms with E-state index in [9.17, 15) is 14.7 Å². The molecule has 1 heterocycles. The Morgan fingerprint density at radius 2 is 1.73 bits per heavy atom. The molecular formula is C17H29NO4. The molecule has 1 N–H and O–H groups in total. The lowest BCUT2D eigenvalue weighted by Gasteiger charge is -2.38. The number of hydrogen-bond donors (Lipinski definition) is 1. The lowest BCUT2D eigenvalue weighted by molar-refractivity contribution is -0.155. The molecule has 5 heteroatoms. The molecule has 1 aliphatic heterocycles. The van der Waals surface area contributed by atoms with Crippen molar-refractivity contribution in [2.24, 2.45) is 5.92 Å². The van der Waals surface area contributed by atoms with Gasteiger partial charge in [0.25, 0.3) is 5.91 Å². The van der Waals surface area contributed by atoms with Gasteiger partial charge < -0.3 is 14.7 Å². The van der Waals surface area contributed by atoms with Crippen LogP contribution in [-0.2, 0) is 14.3 Å². The minimum atomic E-state index is -0.804. The van der Waals surface area contributed by atoms with Gasteiger partial charge in [0.2, 0.25) is 0 Å². The summed E-state index contributed by atoms with van der Waals surface area (Å²) in [6.45, 7) is 4.12. The first-order valence-corrected chi connectivity index (χ1v) is 8.67. The smallest absolute Gasteiger partial charge is 0.308 e. The van der Waals surface area contributed by atoms with E-state index >= 15 is 0 Å². The summed E-state index contributed by atoms with van der Waals surface area (Å²) in [7, 11) is 0. The topological polar surface area (TPSA) is 66.8 Å². The van der Waals surface area contributed by atoms with Gasteiger partial charge in [-0.1, -0.05) is 25.7 Å². The van der Waals surface area contributed by atoms with Gasteiger partial charge in [-0.05, 0) is 39.5 Å². The highest BCUT2D eigenvalue weighted by Crippen LogP contribution is 2.25. The lowest BCUT2D eigenvalue weighted by atomic mass is 9.93. The molecule has 22 heavy (non-hydrogen) atoms. The Morgan fingerprint density at radius 3 is 2.32 bits per heavy atom. The summed E-state index contributed by atoms with van der Waals surface area (Å²) in [5.74, 6) is -1.30. The molecule has 1 saturated carbocycles. The molecule has 3 atom stereocenters. The zero-order valence-corrected chi connectivity index (χ0v) is 13.8. The van der Waals surface area contributed by atoms with Gasteiger partial charge in [-0.25, -0.2) is 0 Å². The second-order valence-corrected chi connectivity index (χ2v) is 6.84. The van der Waals surface area contributed by atoms with E-state index in [1.807, 2.05) is 13.8 Å². The average Bonchev–Trinajstić information content (AvgIpc) is 2.75. The predicted molar refractivity (Wildman–Crippen MR) is 83.6 cm³/mol. The van der Waals surface area contributed by atoms with Crippen molar-refractivity contribution in [2.75, 3.05) is 6.54 Å². The Balaban J connectivity index is 1.91. The van der Waals surface area contributed by atoms with E-state index in [1.165, 1.54) is 25.7 Å². The summed E-state index contributed by atoms with van der Waals surface area (Å²) < 4.78 is 5.99. The Bertz CT molecular complexity index is 390. The molecule has 1 saturated heterocycles. The van der Waals surface area contributed by atoms with Crippen LogP contribution in [0, 0.1) is 5.92 Å². The molecule has 0 aromatic rings. The number of rotatable bonds is 4. The summed E-state index contributed by atoms with van der Waals surface area (Å²) in [6.07, 6.45) is 8.03. The normalized spacial score (nSPS) is 28.9. The number of carbonyl (C=O) groups excluding carboxylic acids is 1. The quantitative estimate of drug-likeness (QED) is 0.811. The maximum absolute atomic E-state index is 12.6. The molecule has 0 spiro atoms. The van der Waals surface area contributed by atoms with Gasteiger partial charge in [0, 0.05) is 12.6 Å². The molecule has 2 aliphatic rings. The molecular weight excluding hydrogens is 282 g/mol. The molecule has 0 aromatic heterocycles. The molecule has 5 nitrogen and oxygen atoms in total. The van der Waals surface area contributed by atoms with Crippen molar-refractivity contribution in [1.82, 2.24) is 4.90 Å². The minimum absolute atomic E-state index is 0.0531. The summed E-state index contributed by atoms with van der Waals surface area (Å²) in [5, 5.41) is 9.19. The first-order valence-electron chi connectivity index (χ1n) is 8.67. The fraction of sp³-hybridized carbons (Fsp3) is 0.882. The first kappa shape index (κ1) is 17.3. The molecule has 3 unspecified atom stereocenters. The largest absolute Gasteiger partial charge is 0.481 e. The third-order valence-electron chi connectivity index (χ3n) is 5.06. The van der Waals surface area contributed by atoms with Gasteiger partial charge >= 0.3 is 5.97 Å². The third kappa shape index (κ3) is 4.45. The molecule has 2 fully saturated rings. The Kier molecular flexibility index (Phi) is 6.24. The van der Waals surface area contributed by atoms with E-state index in [4.69, 9.17) is 4.74 Å². The molecule has 126 valence electrons. The molecule has 1 aliphatic carbocycles. The number of nitrogens with zero attached hydrogens (tertiary/aromatic N) is 1. The van der Waals surface area contributed by atoms with Crippen LogP contribution in [0.1, 0.15) is 65.2 Å². The predicted octanol–water partition coefficient (Wildman–Crippen LogP) is 2.83. The van der Waals surface area contributed by atoms with E-state index < -0.39 is 18.0 Å². The van der Waals surface area contributed by atoms with Crippen molar-refractivity contribution in [3.63, 3.8) is 0 Å². The summed E-state index contributed by atoms with van der Waals surface area (Å²) in [5.41, 5.74) is 0. The van der Waals surface area contributed by atoms with E-state index in [0.29, 0.717) is 13.0 Å². The van der Waals surface area contributed by atoms with E-state index in [1.54, 1.807) is 4.90 Å². The van der Waals surface area contributed by atoms with Gasteiger partial charge in [-0.3, -0.25) is 9.59 Å². The summed E-state index contributed by atoms with van der Waals surface area (Å²) in [4.78, 5) is 25.5. The van der Waals surface area contributed by atoms with Crippen molar-refractivity contribution in [2.45, 2.75) is 83.5 Å². The Hall–Kier alpha value is -1.10. The number of aliphatic carboxylic acids is 1. The maximum Gasteiger partial charge on any atom is 0.308 e. The van der Waals surface area contributed by atoms with Crippen molar-refractivity contribution < 1.29 is 19.4 Å². The van der Waals surface area contributed by atoms with Crippen LogP contribution in [-0.4, -0.2) is 46.7 Å². The van der Waals surface area contributed by atoms with Crippen LogP contribution in [0.15, 0.2) is 0 Å². The van der Waals surface area contributed by atoms with Crippen LogP contribution in [0.5, 0.6) is 0 Å². The number of ether oxygens (including phenoxy) is 1. The number of carboxylic acid groups (broad SMARTS) is 1. The monoisotopic (exact) mass is 311 g/mol. The van der Waals surface area contributed by atoms with E-state index in [2.05, 4.69) is 0 Å². The van der Waals surface area contributed by atoms with Crippen molar-refractivity contribution in [3.05, 3.63) is 0 Å². The minimum Gasteiger partial charge on any atom is -0.481 e. The van der Waals surface area contributed by atoms with Crippen molar-refractivity contribution in [3.8, 4) is 0 Å². The number of amides is 1. The third-order valence-corrected chi connectivity index (χ3v) is 5.06. The van der Waals surface area contributed by atoms with E-state index in [0.717, 1.165) is 19.3 Å². The van der Waals surface area contributed by atoms with Crippen molar-refractivity contribution >= 4 is 11.9 Å². The Morgan fingerprint density at radius 1 is 1.09 bits per heavy atom. The Labute approximate surface area is 133 Å². The lowest BCUT2D eigenvalue weighted by Crippen LogP contribution is -2.51. The van der Waals surface area contributed by atoms with Crippen LogP contribution in [0.25, 0.3) is 0 Å². The first-order chi connectivity index (χ1) is 10.5. The molecule has 0 aromatic carbocycles. The average molecular weight is 311 g/mol. The van der Waals surface area contributed by atoms with Crippen LogP contribution >= 0.6 is 0 Å². The van der Waals surface area contributed by atoms with Crippen LogP contribution in [0.3, 0.4) is 0 Å². The number of carboxylic acids is 1. The second-order valence-electron chi connectivity index (χ2n) is 6.84. The van der Waals surface area contributed by atoms with Gasteiger partial charge in [-0.15, -0.1) is 0 Å². The molecule has 1 amide bonds. The van der Waals surface area contributed by atoms with Crippen LogP contribution in [0.4, 0.5) is 0 Å². The molecule has 0 bridgehead atoms. The highest BCUT2D eigenvalue weighted by Gasteiger charge is 2.35. The number of hydrogen-bond acceptors (Lipinski definition) is 3. The number of piperidine rings is 1. The zero-order chi connectivity index (χ0) is 16.1. The summed E-state index contributed by atoms with van der Waals surface area (Å²) >= 11 is 0. The van der Waals surface area contributed by atoms with Gasteiger partial charge in [0.05, 0.1) is 12.0 Å². The molecule has 0 radical (unpaired) electrons. The fourth-order valence-corrected chi connectivity index (χ4v) is 3.57. The van der Waals surface area contributed by atoms with Gasteiger partial charge in [0.1, 0.15) is 6.10 Å². The van der Waals surface area contributed by atoms with Crippen LogP contribution in [0.2, 0.25) is 0 Å². The van der Waals surface area contributed by atoms with Crippen molar-refractivity contribution in [1.29, 1.82) is 0 Å². The highest BCUT2D eigenvalue weighted by atomic mass is 16.5. The highest BCUT2D eigenvalue weighted by molar-refractivity contribution is 5.82. The SMILES string of the molecule is CC(OC1CCCCCC1)C(=O)N1CC(C(=O)O)CCC1C. The van der Waals surface area contributed by atoms with Gasteiger partial charge in [-0.2, -0.15) is 0 Å². The second kappa shape index (κ2) is 7.95. The van der Waals surface area contributed by atoms with E-state index in [-0.39, 0.29) is 18.1 Å². The van der Waals surface area contributed by atoms with Crippen LogP contribution < -0.4 is 0 Å². The number of carbonyl (C=O) groups is 2. The standard InChI is InChI=1S/C17H29NO4/c1-12-9-10-14(17(20)21)11-18(12)16(19)13(2)22-15-7-5-3-4-6-8-15/h12-15H,3-11H2,1-2H3,(H,20,21). The molecule has 2 rings (SSSR count).